The van der Waals surface area contributed by atoms with E-state index in [4.69, 9.17) is 5.11 Å². The Labute approximate surface area is 119 Å². The summed E-state index contributed by atoms with van der Waals surface area (Å²) in [5, 5.41) is 21.7. The van der Waals surface area contributed by atoms with Crippen molar-refractivity contribution in [2.24, 2.45) is 0 Å². The van der Waals surface area contributed by atoms with E-state index >= 15 is 0 Å². The molecule has 0 saturated carbocycles. The third kappa shape index (κ3) is 6.23. The molecule has 20 heavy (non-hydrogen) atoms. The van der Waals surface area contributed by atoms with Crippen molar-refractivity contribution in [3.63, 3.8) is 0 Å². The van der Waals surface area contributed by atoms with Gasteiger partial charge in [0.15, 0.2) is 0 Å². The van der Waals surface area contributed by atoms with Crippen LogP contribution in [-0.4, -0.2) is 33.2 Å². The molecule has 9 heteroatoms. The lowest BCUT2D eigenvalue weighted by atomic mass is 10.2. The number of hydrogen-bond acceptors (Lipinski definition) is 6. The van der Waals surface area contributed by atoms with Gasteiger partial charge in [0.1, 0.15) is 5.01 Å². The molecule has 0 bridgehead atoms. The number of aliphatic carboxylic acids is 1. The number of urea groups is 1. The van der Waals surface area contributed by atoms with Gasteiger partial charge in [-0.15, -0.1) is 10.2 Å². The van der Waals surface area contributed by atoms with E-state index in [-0.39, 0.29) is 12.8 Å². The molecule has 1 rings (SSSR count). The number of hydrogen-bond donors (Lipinski definition) is 3. The minimum Gasteiger partial charge on any atom is -0.481 e. The molecule has 0 fully saturated rings. The summed E-state index contributed by atoms with van der Waals surface area (Å²) in [4.78, 5) is 33.1. The molecule has 0 saturated heterocycles. The lowest BCUT2D eigenvalue weighted by molar-refractivity contribution is -0.137. The summed E-state index contributed by atoms with van der Waals surface area (Å²) >= 11 is 1.24. The number of carboxylic acids is 1. The molecule has 0 radical (unpaired) electrons. The summed E-state index contributed by atoms with van der Waals surface area (Å²) in [5.74, 6) is -1.35. The number of aromatic nitrogens is 2. The van der Waals surface area contributed by atoms with Crippen LogP contribution in [0.4, 0.5) is 9.93 Å². The standard InChI is InChI=1S/C11H16N4O4S/c1-2-8-14-15-11(20-8)13-10(19)12-7(16)5-3-4-6-9(17)18/h2-6H2,1H3,(H,17,18)(H2,12,13,15,16,19). The highest BCUT2D eigenvalue weighted by Gasteiger charge is 2.10. The van der Waals surface area contributed by atoms with Crippen LogP contribution in [0.15, 0.2) is 0 Å². The molecule has 1 aromatic rings. The number of unbranched alkanes of at least 4 members (excludes halogenated alkanes) is 1. The Balaban J connectivity index is 2.24. The van der Waals surface area contributed by atoms with E-state index in [0.717, 1.165) is 11.4 Å². The fraction of sp³-hybridized carbons (Fsp3) is 0.545. The van der Waals surface area contributed by atoms with E-state index in [0.29, 0.717) is 18.0 Å². The number of aryl methyl sites for hydroxylation is 1. The van der Waals surface area contributed by atoms with Gasteiger partial charge in [-0.2, -0.15) is 0 Å². The Bertz CT molecular complexity index is 489. The second kappa shape index (κ2) is 8.20. The van der Waals surface area contributed by atoms with Crippen LogP contribution < -0.4 is 10.6 Å². The number of rotatable bonds is 7. The predicted octanol–water partition coefficient (Wildman–Crippen LogP) is 1.39. The number of carbonyl (C=O) groups is 3. The summed E-state index contributed by atoms with van der Waals surface area (Å²) in [6.45, 7) is 1.92. The molecule has 1 heterocycles. The molecule has 0 aromatic carbocycles. The predicted molar refractivity (Wildman–Crippen MR) is 72.6 cm³/mol. The third-order valence-electron chi connectivity index (χ3n) is 2.29. The van der Waals surface area contributed by atoms with Crippen LogP contribution in [0.25, 0.3) is 0 Å². The first-order valence-corrected chi connectivity index (χ1v) is 6.98. The maximum atomic E-state index is 11.5. The largest absolute Gasteiger partial charge is 0.481 e. The molecule has 110 valence electrons. The van der Waals surface area contributed by atoms with Crippen molar-refractivity contribution < 1.29 is 19.5 Å². The molecule has 0 aliphatic carbocycles. The van der Waals surface area contributed by atoms with Gasteiger partial charge in [-0.1, -0.05) is 18.3 Å². The molecule has 0 spiro atoms. The number of carboxylic acid groups (broad SMARTS) is 1. The van der Waals surface area contributed by atoms with E-state index < -0.39 is 17.9 Å². The van der Waals surface area contributed by atoms with Crippen molar-refractivity contribution in [3.8, 4) is 0 Å². The summed E-state index contributed by atoms with van der Waals surface area (Å²) in [7, 11) is 0. The maximum absolute atomic E-state index is 11.5. The lowest BCUT2D eigenvalue weighted by Gasteiger charge is -2.03. The van der Waals surface area contributed by atoms with E-state index in [1.54, 1.807) is 0 Å². The maximum Gasteiger partial charge on any atom is 0.327 e. The first-order chi connectivity index (χ1) is 9.51. The Hall–Kier alpha value is -2.03. The minimum absolute atomic E-state index is 0.0179. The second-order valence-electron chi connectivity index (χ2n) is 3.96. The Morgan fingerprint density at radius 2 is 1.90 bits per heavy atom. The van der Waals surface area contributed by atoms with Crippen LogP contribution in [-0.2, 0) is 16.0 Å². The van der Waals surface area contributed by atoms with Gasteiger partial charge in [-0.05, 0) is 19.3 Å². The smallest absolute Gasteiger partial charge is 0.327 e. The molecule has 8 nitrogen and oxygen atoms in total. The topological polar surface area (TPSA) is 121 Å². The highest BCUT2D eigenvalue weighted by molar-refractivity contribution is 7.15. The fourth-order valence-electron chi connectivity index (χ4n) is 1.33. The summed E-state index contributed by atoms with van der Waals surface area (Å²) in [6, 6.07) is -0.660. The number of anilines is 1. The third-order valence-corrected chi connectivity index (χ3v) is 3.27. The van der Waals surface area contributed by atoms with Crippen molar-refractivity contribution in [3.05, 3.63) is 5.01 Å². The number of imide groups is 1. The molecule has 3 N–H and O–H groups in total. The highest BCUT2D eigenvalue weighted by atomic mass is 32.1. The van der Waals surface area contributed by atoms with Crippen LogP contribution in [0.1, 0.15) is 37.6 Å². The van der Waals surface area contributed by atoms with Crippen LogP contribution in [0.5, 0.6) is 0 Å². The summed E-state index contributed by atoms with van der Waals surface area (Å²) in [6.07, 6.45) is 1.68. The van der Waals surface area contributed by atoms with Gasteiger partial charge in [0.2, 0.25) is 11.0 Å². The lowest BCUT2D eigenvalue weighted by Crippen LogP contribution is -2.34. The molecule has 1 aromatic heterocycles. The van der Waals surface area contributed by atoms with Gasteiger partial charge >= 0.3 is 12.0 Å². The van der Waals surface area contributed by atoms with E-state index in [9.17, 15) is 14.4 Å². The molecular formula is C11H16N4O4S. The first-order valence-electron chi connectivity index (χ1n) is 6.16. The highest BCUT2D eigenvalue weighted by Crippen LogP contribution is 2.14. The van der Waals surface area contributed by atoms with Crippen LogP contribution in [0, 0.1) is 0 Å². The Kier molecular flexibility index (Phi) is 6.57. The average molecular weight is 300 g/mol. The zero-order valence-corrected chi connectivity index (χ0v) is 11.8. The quantitative estimate of drug-likeness (QED) is 0.654. The van der Waals surface area contributed by atoms with Gasteiger partial charge in [0.05, 0.1) is 0 Å². The second-order valence-corrected chi connectivity index (χ2v) is 5.02. The number of nitrogens with one attached hydrogen (secondary N) is 2. The van der Waals surface area contributed by atoms with Crippen LogP contribution in [0.2, 0.25) is 0 Å². The van der Waals surface area contributed by atoms with Gasteiger partial charge in [0, 0.05) is 12.8 Å². The zero-order chi connectivity index (χ0) is 15.0. The Morgan fingerprint density at radius 1 is 1.20 bits per heavy atom. The molecule has 0 atom stereocenters. The van der Waals surface area contributed by atoms with Gasteiger partial charge in [-0.3, -0.25) is 20.2 Å². The number of nitrogens with zero attached hydrogens (tertiary/aromatic N) is 2. The number of amides is 3. The van der Waals surface area contributed by atoms with Gasteiger partial charge < -0.3 is 5.11 Å². The van der Waals surface area contributed by atoms with E-state index in [2.05, 4.69) is 20.8 Å². The minimum atomic E-state index is -0.897. The van der Waals surface area contributed by atoms with Gasteiger partial charge in [0.25, 0.3) is 0 Å². The fourth-order valence-corrected chi connectivity index (χ4v) is 2.00. The zero-order valence-electron chi connectivity index (χ0n) is 11.0. The molecular weight excluding hydrogens is 284 g/mol. The molecule has 3 amide bonds. The Morgan fingerprint density at radius 3 is 2.50 bits per heavy atom. The SMILES string of the molecule is CCc1nnc(NC(=O)NC(=O)CCCCC(=O)O)s1. The van der Waals surface area contributed by atoms with Crippen molar-refractivity contribution >= 4 is 34.4 Å². The van der Waals surface area contributed by atoms with E-state index in [1.165, 1.54) is 11.3 Å². The summed E-state index contributed by atoms with van der Waals surface area (Å²) < 4.78 is 0. The normalized spacial score (nSPS) is 10.1. The van der Waals surface area contributed by atoms with E-state index in [1.807, 2.05) is 6.92 Å². The van der Waals surface area contributed by atoms with Crippen molar-refractivity contribution in [2.75, 3.05) is 5.32 Å². The first kappa shape index (κ1) is 16.0. The van der Waals surface area contributed by atoms with Crippen LogP contribution in [0.3, 0.4) is 0 Å². The molecule has 0 unspecified atom stereocenters. The van der Waals surface area contributed by atoms with Crippen molar-refractivity contribution in [1.29, 1.82) is 0 Å². The molecule has 0 aliphatic rings. The summed E-state index contributed by atoms with van der Waals surface area (Å²) in [5.41, 5.74) is 0. The van der Waals surface area contributed by atoms with Crippen molar-refractivity contribution in [1.82, 2.24) is 15.5 Å². The monoisotopic (exact) mass is 300 g/mol. The van der Waals surface area contributed by atoms with Gasteiger partial charge in [-0.25, -0.2) is 4.79 Å². The van der Waals surface area contributed by atoms with Crippen molar-refractivity contribution in [2.45, 2.75) is 39.0 Å². The average Bonchev–Trinajstić information content (AvgIpc) is 2.81. The molecule has 0 aliphatic heterocycles. The number of carbonyl (C=O) groups excluding carboxylic acids is 2. The van der Waals surface area contributed by atoms with Crippen LogP contribution >= 0.6 is 11.3 Å².